The van der Waals surface area contributed by atoms with Gasteiger partial charge in [0.1, 0.15) is 11.5 Å². The number of anilines is 2. The van der Waals surface area contributed by atoms with E-state index < -0.39 is 5.91 Å². The van der Waals surface area contributed by atoms with Gasteiger partial charge in [-0.3, -0.25) is 9.59 Å². The van der Waals surface area contributed by atoms with E-state index >= 15 is 0 Å². The van der Waals surface area contributed by atoms with Crippen LogP contribution in [0.5, 0.6) is 0 Å². The molecule has 0 saturated heterocycles. The Labute approximate surface area is 188 Å². The Morgan fingerprint density at radius 3 is 2.34 bits per heavy atom. The van der Waals surface area contributed by atoms with Gasteiger partial charge in [-0.2, -0.15) is 0 Å². The third kappa shape index (κ3) is 5.98. The smallest absolute Gasteiger partial charge is 0.274 e. The zero-order valence-electron chi connectivity index (χ0n) is 18.9. The zero-order valence-corrected chi connectivity index (χ0v) is 18.9. The average Bonchev–Trinajstić information content (AvgIpc) is 2.79. The lowest BCUT2D eigenvalue weighted by atomic mass is 9.99. The predicted molar refractivity (Wildman–Crippen MR) is 128 cm³/mol. The number of nitrogens with zero attached hydrogens (tertiary/aromatic N) is 3. The second-order valence-electron chi connectivity index (χ2n) is 8.08. The molecule has 0 bridgehead atoms. The van der Waals surface area contributed by atoms with E-state index in [9.17, 15) is 9.59 Å². The first-order valence-electron chi connectivity index (χ1n) is 10.6. The van der Waals surface area contributed by atoms with Crippen LogP contribution in [-0.2, 0) is 0 Å². The van der Waals surface area contributed by atoms with Crippen molar-refractivity contribution >= 4 is 23.2 Å². The summed E-state index contributed by atoms with van der Waals surface area (Å²) in [6, 6.07) is 18.2. The van der Waals surface area contributed by atoms with E-state index in [1.165, 1.54) is 0 Å². The minimum atomic E-state index is -0.399. The molecule has 3 aromatic rings. The van der Waals surface area contributed by atoms with Crippen LogP contribution in [0.3, 0.4) is 0 Å². The van der Waals surface area contributed by atoms with Gasteiger partial charge in [-0.05, 0) is 26.2 Å². The summed E-state index contributed by atoms with van der Waals surface area (Å²) >= 11 is 0. The maximum Gasteiger partial charge on any atom is 0.274 e. The molecule has 0 fully saturated rings. The number of likely N-dealkylation sites (N-methyl/N-ethyl adjacent to an activating group) is 1. The molecule has 166 valence electrons. The van der Waals surface area contributed by atoms with Crippen molar-refractivity contribution < 1.29 is 9.59 Å². The SMILES string of the molecule is CC(C)C(=O)c1ccccc1NC(=O)c1cc(NCCN(C)C)nc(-c2ccccc2)n1. The molecule has 0 aliphatic carbocycles. The molecular weight excluding hydrogens is 402 g/mol. The quantitative estimate of drug-likeness (QED) is 0.494. The average molecular weight is 432 g/mol. The molecular formula is C25H29N5O2. The minimum absolute atomic E-state index is 0.0281. The Morgan fingerprint density at radius 2 is 1.66 bits per heavy atom. The molecule has 0 aliphatic rings. The maximum absolute atomic E-state index is 13.1. The van der Waals surface area contributed by atoms with Gasteiger partial charge in [0.25, 0.3) is 5.91 Å². The fourth-order valence-corrected chi connectivity index (χ4v) is 3.08. The second kappa shape index (κ2) is 10.6. The third-order valence-corrected chi connectivity index (χ3v) is 4.82. The number of ketones is 1. The number of rotatable bonds is 9. The Hall–Kier alpha value is -3.58. The van der Waals surface area contributed by atoms with Crippen LogP contribution in [-0.4, -0.2) is 53.7 Å². The summed E-state index contributed by atoms with van der Waals surface area (Å²) < 4.78 is 0. The zero-order chi connectivity index (χ0) is 23.1. The summed E-state index contributed by atoms with van der Waals surface area (Å²) in [5.74, 6) is 0.419. The van der Waals surface area contributed by atoms with Gasteiger partial charge in [-0.1, -0.05) is 56.3 Å². The van der Waals surface area contributed by atoms with Crippen LogP contribution in [0.15, 0.2) is 60.7 Å². The van der Waals surface area contributed by atoms with Gasteiger partial charge >= 0.3 is 0 Å². The number of benzene rings is 2. The van der Waals surface area contributed by atoms with Crippen LogP contribution in [0.1, 0.15) is 34.7 Å². The van der Waals surface area contributed by atoms with Crippen molar-refractivity contribution in [2.45, 2.75) is 13.8 Å². The van der Waals surface area contributed by atoms with Crippen molar-refractivity contribution in [1.29, 1.82) is 0 Å². The standard InChI is InChI=1S/C25H29N5O2/c1-17(2)23(31)19-12-8-9-13-20(19)28-25(32)21-16-22(26-14-15-30(3)4)29-24(27-21)18-10-6-5-7-11-18/h5-13,16-17H,14-15H2,1-4H3,(H,28,32)(H,26,27,29). The van der Waals surface area contributed by atoms with Crippen LogP contribution >= 0.6 is 0 Å². The summed E-state index contributed by atoms with van der Waals surface area (Å²) in [4.78, 5) is 36.8. The number of amides is 1. The summed E-state index contributed by atoms with van der Waals surface area (Å²) in [6.07, 6.45) is 0. The second-order valence-corrected chi connectivity index (χ2v) is 8.08. The summed E-state index contributed by atoms with van der Waals surface area (Å²) in [6.45, 7) is 5.16. The molecule has 7 heteroatoms. The Kier molecular flexibility index (Phi) is 7.68. The topological polar surface area (TPSA) is 87.2 Å². The number of carbonyl (C=O) groups is 2. The van der Waals surface area contributed by atoms with Gasteiger partial charge < -0.3 is 15.5 Å². The van der Waals surface area contributed by atoms with E-state index in [-0.39, 0.29) is 17.4 Å². The molecule has 32 heavy (non-hydrogen) atoms. The molecule has 3 rings (SSSR count). The van der Waals surface area contributed by atoms with Gasteiger partial charge in [0.2, 0.25) is 0 Å². The van der Waals surface area contributed by atoms with E-state index in [4.69, 9.17) is 0 Å². The van der Waals surface area contributed by atoms with Gasteiger partial charge in [0.15, 0.2) is 11.6 Å². The van der Waals surface area contributed by atoms with Crippen molar-refractivity contribution in [3.05, 3.63) is 71.9 Å². The molecule has 0 saturated carbocycles. The van der Waals surface area contributed by atoms with Gasteiger partial charge in [-0.25, -0.2) is 9.97 Å². The van der Waals surface area contributed by atoms with E-state index in [2.05, 4.69) is 25.5 Å². The van der Waals surface area contributed by atoms with E-state index in [1.54, 1.807) is 30.3 Å². The molecule has 0 spiro atoms. The molecule has 2 N–H and O–H groups in total. The Bertz CT molecular complexity index is 1080. The van der Waals surface area contributed by atoms with Crippen LogP contribution in [0.4, 0.5) is 11.5 Å². The predicted octanol–water partition coefficient (Wildman–Crippen LogP) is 4.21. The highest BCUT2D eigenvalue weighted by molar-refractivity contribution is 6.09. The lowest BCUT2D eigenvalue weighted by molar-refractivity contribution is 0.0940. The van der Waals surface area contributed by atoms with Crippen LogP contribution < -0.4 is 10.6 Å². The number of hydrogen-bond donors (Lipinski definition) is 2. The van der Waals surface area contributed by atoms with Crippen molar-refractivity contribution in [3.63, 3.8) is 0 Å². The van der Waals surface area contributed by atoms with Crippen molar-refractivity contribution in [1.82, 2.24) is 14.9 Å². The Morgan fingerprint density at radius 1 is 0.969 bits per heavy atom. The number of carbonyl (C=O) groups excluding carboxylic acids is 2. The molecule has 1 aromatic heterocycles. The van der Waals surface area contributed by atoms with Crippen LogP contribution in [0.2, 0.25) is 0 Å². The van der Waals surface area contributed by atoms with Crippen LogP contribution in [0.25, 0.3) is 11.4 Å². The molecule has 0 radical (unpaired) electrons. The van der Waals surface area contributed by atoms with E-state index in [1.807, 2.05) is 58.3 Å². The molecule has 0 aliphatic heterocycles. The van der Waals surface area contributed by atoms with Crippen molar-refractivity contribution in [3.8, 4) is 11.4 Å². The lowest BCUT2D eigenvalue weighted by Gasteiger charge is -2.14. The number of hydrogen-bond acceptors (Lipinski definition) is 6. The Balaban J connectivity index is 1.92. The van der Waals surface area contributed by atoms with E-state index in [0.29, 0.717) is 29.4 Å². The van der Waals surface area contributed by atoms with Gasteiger partial charge in [-0.15, -0.1) is 0 Å². The number of nitrogens with one attached hydrogen (secondary N) is 2. The van der Waals surface area contributed by atoms with Crippen molar-refractivity contribution in [2.75, 3.05) is 37.8 Å². The molecule has 1 amide bonds. The maximum atomic E-state index is 13.1. The summed E-state index contributed by atoms with van der Waals surface area (Å²) in [7, 11) is 3.98. The number of Topliss-reactive ketones (excluding diaryl/α,β-unsaturated/α-hetero) is 1. The highest BCUT2D eigenvalue weighted by Crippen LogP contribution is 2.22. The molecule has 0 atom stereocenters. The minimum Gasteiger partial charge on any atom is -0.369 e. The normalized spacial score (nSPS) is 10.9. The first kappa shape index (κ1) is 23.1. The fourth-order valence-electron chi connectivity index (χ4n) is 3.08. The van der Waals surface area contributed by atoms with Crippen LogP contribution in [0, 0.1) is 5.92 Å². The molecule has 2 aromatic carbocycles. The molecule has 7 nitrogen and oxygen atoms in total. The molecule has 0 unspecified atom stereocenters. The van der Waals surface area contributed by atoms with Crippen molar-refractivity contribution in [2.24, 2.45) is 5.92 Å². The highest BCUT2D eigenvalue weighted by atomic mass is 16.2. The lowest BCUT2D eigenvalue weighted by Crippen LogP contribution is -2.22. The van der Waals surface area contributed by atoms with Gasteiger partial charge in [0.05, 0.1) is 5.69 Å². The molecule has 1 heterocycles. The third-order valence-electron chi connectivity index (χ3n) is 4.82. The highest BCUT2D eigenvalue weighted by Gasteiger charge is 2.18. The summed E-state index contributed by atoms with van der Waals surface area (Å²) in [5.41, 5.74) is 1.99. The number of para-hydroxylation sites is 1. The van der Waals surface area contributed by atoms with E-state index in [0.717, 1.165) is 12.1 Å². The summed E-state index contributed by atoms with van der Waals surface area (Å²) in [5, 5.41) is 6.12. The fraction of sp³-hybridized carbons (Fsp3) is 0.280. The number of aromatic nitrogens is 2. The largest absolute Gasteiger partial charge is 0.369 e. The van der Waals surface area contributed by atoms with Gasteiger partial charge in [0, 0.05) is 36.2 Å². The monoisotopic (exact) mass is 431 g/mol. The first-order chi connectivity index (χ1) is 15.3. The first-order valence-corrected chi connectivity index (χ1v) is 10.6.